The number of carbonyl (C=O) groups excluding carboxylic acids is 1. The molecule has 6 nitrogen and oxygen atoms in total. The highest BCUT2D eigenvalue weighted by Gasteiger charge is 2.28. The van der Waals surface area contributed by atoms with Crippen molar-refractivity contribution >= 4 is 11.7 Å². The van der Waals surface area contributed by atoms with E-state index in [4.69, 9.17) is 5.73 Å². The lowest BCUT2D eigenvalue weighted by Gasteiger charge is -2.35. The number of pyridine rings is 1. The van der Waals surface area contributed by atoms with Gasteiger partial charge in [0, 0.05) is 45.0 Å². The van der Waals surface area contributed by atoms with E-state index in [1.54, 1.807) is 0 Å². The van der Waals surface area contributed by atoms with Crippen molar-refractivity contribution in [1.82, 2.24) is 15.2 Å². The molecule has 1 unspecified atom stereocenters. The molecule has 1 aliphatic heterocycles. The van der Waals surface area contributed by atoms with E-state index in [0.29, 0.717) is 19.0 Å². The second-order valence-electron chi connectivity index (χ2n) is 6.26. The predicted molar refractivity (Wildman–Crippen MR) is 86.6 cm³/mol. The molecule has 0 radical (unpaired) electrons. The fraction of sp³-hybridized carbons (Fsp3) is 0.625. The zero-order chi connectivity index (χ0) is 15.4. The highest BCUT2D eigenvalue weighted by molar-refractivity contribution is 5.78. The predicted octanol–water partition coefficient (Wildman–Crippen LogP) is 0.0571. The van der Waals surface area contributed by atoms with Crippen LogP contribution >= 0.6 is 0 Å². The van der Waals surface area contributed by atoms with E-state index in [-0.39, 0.29) is 11.9 Å². The van der Waals surface area contributed by atoms with Crippen LogP contribution in [0, 0.1) is 5.92 Å². The molecular weight excluding hydrogens is 278 g/mol. The normalized spacial score (nSPS) is 20.7. The molecule has 0 bridgehead atoms. The van der Waals surface area contributed by atoms with Gasteiger partial charge in [-0.2, -0.15) is 0 Å². The Bertz CT molecular complexity index is 483. The third-order valence-electron chi connectivity index (χ3n) is 4.48. The first-order valence-corrected chi connectivity index (χ1v) is 8.13. The topological polar surface area (TPSA) is 74.5 Å². The Morgan fingerprint density at radius 2 is 2.09 bits per heavy atom. The summed E-state index contributed by atoms with van der Waals surface area (Å²) in [5.74, 6) is 1.73. The molecule has 3 rings (SSSR count). The summed E-state index contributed by atoms with van der Waals surface area (Å²) in [6, 6.07) is 6.09. The number of rotatable bonds is 6. The molecule has 2 aliphatic rings. The fourth-order valence-corrected chi connectivity index (χ4v) is 2.86. The van der Waals surface area contributed by atoms with E-state index in [2.05, 4.69) is 20.1 Å². The van der Waals surface area contributed by atoms with Crippen LogP contribution in [0.15, 0.2) is 24.4 Å². The summed E-state index contributed by atoms with van der Waals surface area (Å²) in [7, 11) is 0. The summed E-state index contributed by atoms with van der Waals surface area (Å²) < 4.78 is 0. The molecule has 1 saturated carbocycles. The molecule has 2 fully saturated rings. The fourth-order valence-electron chi connectivity index (χ4n) is 2.86. The number of piperazine rings is 1. The van der Waals surface area contributed by atoms with Crippen LogP contribution in [0.5, 0.6) is 0 Å². The lowest BCUT2D eigenvalue weighted by Crippen LogP contribution is -2.50. The lowest BCUT2D eigenvalue weighted by atomic mass is 10.2. The van der Waals surface area contributed by atoms with Crippen molar-refractivity contribution < 1.29 is 4.79 Å². The molecule has 1 aromatic rings. The van der Waals surface area contributed by atoms with E-state index < -0.39 is 0 Å². The van der Waals surface area contributed by atoms with Crippen LogP contribution in [0.25, 0.3) is 0 Å². The van der Waals surface area contributed by atoms with Gasteiger partial charge in [0.1, 0.15) is 5.82 Å². The number of anilines is 1. The summed E-state index contributed by atoms with van der Waals surface area (Å²) in [6.45, 7) is 4.67. The molecule has 3 N–H and O–H groups in total. The van der Waals surface area contributed by atoms with Gasteiger partial charge in [-0.15, -0.1) is 0 Å². The summed E-state index contributed by atoms with van der Waals surface area (Å²) >= 11 is 0. The average Bonchev–Trinajstić information content (AvgIpc) is 3.39. The Labute approximate surface area is 131 Å². The van der Waals surface area contributed by atoms with Crippen molar-refractivity contribution in [3.05, 3.63) is 24.4 Å². The van der Waals surface area contributed by atoms with Crippen molar-refractivity contribution in [3.63, 3.8) is 0 Å². The van der Waals surface area contributed by atoms with Crippen LogP contribution in [0.4, 0.5) is 5.82 Å². The van der Waals surface area contributed by atoms with Crippen LogP contribution in [0.2, 0.25) is 0 Å². The van der Waals surface area contributed by atoms with Crippen LogP contribution in [-0.2, 0) is 4.79 Å². The van der Waals surface area contributed by atoms with Gasteiger partial charge in [0.15, 0.2) is 0 Å². The summed E-state index contributed by atoms with van der Waals surface area (Å²) in [5.41, 5.74) is 6.00. The van der Waals surface area contributed by atoms with E-state index in [0.717, 1.165) is 32.0 Å². The molecule has 0 spiro atoms. The maximum absolute atomic E-state index is 12.0. The van der Waals surface area contributed by atoms with Gasteiger partial charge in [0.05, 0.1) is 6.54 Å². The van der Waals surface area contributed by atoms with Gasteiger partial charge in [-0.25, -0.2) is 4.98 Å². The number of hydrogen-bond acceptors (Lipinski definition) is 5. The summed E-state index contributed by atoms with van der Waals surface area (Å²) in [6.07, 6.45) is 4.25. The Morgan fingerprint density at radius 3 is 2.73 bits per heavy atom. The van der Waals surface area contributed by atoms with Gasteiger partial charge in [0.2, 0.25) is 5.91 Å². The minimum Gasteiger partial charge on any atom is -0.354 e. The van der Waals surface area contributed by atoms with Crippen molar-refractivity contribution in [2.24, 2.45) is 11.7 Å². The maximum atomic E-state index is 12.0. The van der Waals surface area contributed by atoms with Gasteiger partial charge < -0.3 is 16.0 Å². The van der Waals surface area contributed by atoms with Crippen molar-refractivity contribution in [2.75, 3.05) is 44.2 Å². The maximum Gasteiger partial charge on any atom is 0.234 e. The van der Waals surface area contributed by atoms with Crippen molar-refractivity contribution in [3.8, 4) is 0 Å². The SMILES string of the molecule is NC(CNC(=O)CN1CCN(c2ccccn2)CC1)C1CC1. The summed E-state index contributed by atoms with van der Waals surface area (Å²) in [4.78, 5) is 20.8. The van der Waals surface area contributed by atoms with Gasteiger partial charge in [0.25, 0.3) is 0 Å². The van der Waals surface area contributed by atoms with Crippen LogP contribution < -0.4 is 16.0 Å². The molecular formula is C16H25N5O. The first-order chi connectivity index (χ1) is 10.7. The molecule has 0 aromatic carbocycles. The van der Waals surface area contributed by atoms with E-state index in [1.165, 1.54) is 12.8 Å². The molecule has 22 heavy (non-hydrogen) atoms. The Balaban J connectivity index is 1.37. The first-order valence-electron chi connectivity index (χ1n) is 8.13. The quantitative estimate of drug-likeness (QED) is 0.777. The Kier molecular flexibility index (Phi) is 4.90. The van der Waals surface area contributed by atoms with Crippen LogP contribution in [0.1, 0.15) is 12.8 Å². The zero-order valence-corrected chi connectivity index (χ0v) is 12.9. The van der Waals surface area contributed by atoms with Gasteiger partial charge in [-0.3, -0.25) is 9.69 Å². The largest absolute Gasteiger partial charge is 0.354 e. The number of nitrogens with one attached hydrogen (secondary N) is 1. The number of amides is 1. The average molecular weight is 303 g/mol. The number of nitrogens with zero attached hydrogens (tertiary/aromatic N) is 3. The molecule has 1 amide bonds. The monoisotopic (exact) mass is 303 g/mol. The standard InChI is InChI=1S/C16H25N5O/c17-14(13-4-5-13)11-19-16(22)12-20-7-9-21(10-8-20)15-3-1-2-6-18-15/h1-3,6,13-14H,4-5,7-12,17H2,(H,19,22). The third kappa shape index (κ3) is 4.18. The lowest BCUT2D eigenvalue weighted by molar-refractivity contribution is -0.122. The molecule has 1 atom stereocenters. The molecule has 1 aliphatic carbocycles. The Morgan fingerprint density at radius 1 is 1.32 bits per heavy atom. The molecule has 1 saturated heterocycles. The number of carbonyl (C=O) groups is 1. The molecule has 120 valence electrons. The second kappa shape index (κ2) is 7.07. The zero-order valence-electron chi connectivity index (χ0n) is 12.9. The Hall–Kier alpha value is -1.66. The number of aromatic nitrogens is 1. The second-order valence-corrected chi connectivity index (χ2v) is 6.26. The third-order valence-corrected chi connectivity index (χ3v) is 4.48. The molecule has 1 aromatic heterocycles. The van der Waals surface area contributed by atoms with Gasteiger partial charge >= 0.3 is 0 Å². The van der Waals surface area contributed by atoms with E-state index >= 15 is 0 Å². The van der Waals surface area contributed by atoms with Crippen LogP contribution in [0.3, 0.4) is 0 Å². The van der Waals surface area contributed by atoms with E-state index in [1.807, 2.05) is 24.4 Å². The minimum atomic E-state index is 0.0855. The highest BCUT2D eigenvalue weighted by Crippen LogP contribution is 2.31. The first kappa shape index (κ1) is 15.2. The van der Waals surface area contributed by atoms with Crippen LogP contribution in [-0.4, -0.2) is 61.1 Å². The van der Waals surface area contributed by atoms with E-state index in [9.17, 15) is 4.79 Å². The molecule has 2 heterocycles. The van der Waals surface area contributed by atoms with Gasteiger partial charge in [-0.05, 0) is 30.9 Å². The van der Waals surface area contributed by atoms with Crippen molar-refractivity contribution in [2.45, 2.75) is 18.9 Å². The highest BCUT2D eigenvalue weighted by atomic mass is 16.2. The minimum absolute atomic E-state index is 0.0855. The summed E-state index contributed by atoms with van der Waals surface area (Å²) in [5, 5.41) is 2.96. The van der Waals surface area contributed by atoms with Crippen molar-refractivity contribution in [1.29, 1.82) is 0 Å². The van der Waals surface area contributed by atoms with Gasteiger partial charge in [-0.1, -0.05) is 6.07 Å². The number of hydrogen-bond donors (Lipinski definition) is 2. The molecule has 6 heteroatoms. The number of nitrogens with two attached hydrogens (primary N) is 1. The smallest absolute Gasteiger partial charge is 0.234 e.